The fourth-order valence-electron chi connectivity index (χ4n) is 4.70. The van der Waals surface area contributed by atoms with E-state index in [0.29, 0.717) is 12.1 Å². The number of carbonyl (C=O) groups is 3. The van der Waals surface area contributed by atoms with Gasteiger partial charge in [0.25, 0.3) is 0 Å². The quantitative estimate of drug-likeness (QED) is 0.685. The lowest BCUT2D eigenvalue weighted by molar-refractivity contribution is -0.148. The molecule has 3 aliphatic heterocycles. The fraction of sp³-hybridized carbons (Fsp3) is 0.318. The van der Waals surface area contributed by atoms with Crippen LogP contribution in [-0.2, 0) is 25.3 Å². The molecule has 0 unspecified atom stereocenters. The van der Waals surface area contributed by atoms with E-state index in [4.69, 9.17) is 4.74 Å². The Morgan fingerprint density at radius 1 is 1.17 bits per heavy atom. The summed E-state index contributed by atoms with van der Waals surface area (Å²) >= 11 is 3.82. The van der Waals surface area contributed by atoms with E-state index in [1.165, 1.54) is 4.90 Å². The van der Waals surface area contributed by atoms with Gasteiger partial charge in [0.05, 0.1) is 10.0 Å². The van der Waals surface area contributed by atoms with Gasteiger partial charge < -0.3 is 15.0 Å². The number of halogens is 1. The van der Waals surface area contributed by atoms with Crippen LogP contribution in [0.3, 0.4) is 0 Å². The van der Waals surface area contributed by atoms with Crippen LogP contribution in [-0.4, -0.2) is 41.1 Å². The minimum Gasteiger partial charge on any atom is -0.444 e. The summed E-state index contributed by atoms with van der Waals surface area (Å²) in [6, 6.07) is 15.6. The molecule has 2 saturated heterocycles. The van der Waals surface area contributed by atoms with Gasteiger partial charge in [0.1, 0.15) is 24.9 Å². The lowest BCUT2D eigenvalue weighted by atomic mass is 9.95. The summed E-state index contributed by atoms with van der Waals surface area (Å²) in [5, 5.41) is 2.74. The maximum atomic E-state index is 13.3. The molecule has 7 nitrogen and oxygen atoms in total. The molecule has 3 amide bonds. The number of anilines is 1. The van der Waals surface area contributed by atoms with Crippen LogP contribution in [0.2, 0.25) is 0 Å². The van der Waals surface area contributed by atoms with Gasteiger partial charge >= 0.3 is 6.09 Å². The molecule has 5 rings (SSSR count). The van der Waals surface area contributed by atoms with E-state index >= 15 is 0 Å². The topological polar surface area (TPSA) is 79.0 Å². The van der Waals surface area contributed by atoms with Crippen molar-refractivity contribution >= 4 is 39.5 Å². The summed E-state index contributed by atoms with van der Waals surface area (Å²) in [4.78, 5) is 42.0. The molecule has 154 valence electrons. The molecule has 4 atom stereocenters. The smallest absolute Gasteiger partial charge is 0.416 e. The largest absolute Gasteiger partial charge is 0.444 e. The molecule has 3 aliphatic rings. The van der Waals surface area contributed by atoms with Gasteiger partial charge in [-0.1, -0.05) is 64.5 Å². The highest BCUT2D eigenvalue weighted by atomic mass is 79.9. The standard InChI is InChI=1S/C22H20BrN3O4/c1-13-19(28)25-17(18(27)24-13)11-22(23)15-9-5-6-10-16(15)26(20(22)25)21(29)30-12-14-7-3-2-4-8-14/h2-10,13,17,20H,11-12H2,1H3,(H,24,27)/t13-,17-,20-,22-/m0/s1. The zero-order chi connectivity index (χ0) is 21.0. The number of ether oxygens (including phenoxy) is 1. The van der Waals surface area contributed by atoms with Gasteiger partial charge in [-0.3, -0.25) is 14.5 Å². The summed E-state index contributed by atoms with van der Waals surface area (Å²) in [6.45, 7) is 1.78. The molecule has 3 heterocycles. The van der Waals surface area contributed by atoms with Crippen molar-refractivity contribution in [2.45, 2.75) is 42.5 Å². The van der Waals surface area contributed by atoms with Crippen molar-refractivity contribution < 1.29 is 19.1 Å². The van der Waals surface area contributed by atoms with E-state index in [0.717, 1.165) is 11.1 Å². The molecule has 0 spiro atoms. The SMILES string of the molecule is C[C@@H]1NC(=O)[C@@H]2C[C@]3(Br)c4ccccc4N(C(=O)OCc4ccccc4)[C@@H]3N2C1=O. The first-order valence-electron chi connectivity index (χ1n) is 9.83. The first kappa shape index (κ1) is 19.1. The van der Waals surface area contributed by atoms with Crippen molar-refractivity contribution in [2.75, 3.05) is 4.90 Å². The number of alkyl halides is 1. The van der Waals surface area contributed by atoms with Crippen LogP contribution in [0.4, 0.5) is 10.5 Å². The zero-order valence-electron chi connectivity index (χ0n) is 16.2. The Morgan fingerprint density at radius 3 is 2.63 bits per heavy atom. The van der Waals surface area contributed by atoms with Crippen molar-refractivity contribution in [3.05, 3.63) is 65.7 Å². The minimum absolute atomic E-state index is 0.120. The summed E-state index contributed by atoms with van der Waals surface area (Å²) in [5.41, 5.74) is 2.42. The van der Waals surface area contributed by atoms with Crippen molar-refractivity contribution in [1.29, 1.82) is 0 Å². The number of fused-ring (bicyclic) bond motifs is 5. The van der Waals surface area contributed by atoms with E-state index in [2.05, 4.69) is 21.2 Å². The van der Waals surface area contributed by atoms with E-state index in [-0.39, 0.29) is 18.4 Å². The molecular formula is C22H20BrN3O4. The number of rotatable bonds is 2. The Hall–Kier alpha value is -2.87. The van der Waals surface area contributed by atoms with Gasteiger partial charge in [-0.15, -0.1) is 0 Å². The molecule has 0 aliphatic carbocycles. The third kappa shape index (κ3) is 2.66. The lowest BCUT2D eigenvalue weighted by Crippen LogP contribution is -2.65. The number of piperazine rings is 1. The van der Waals surface area contributed by atoms with Crippen molar-refractivity contribution in [2.24, 2.45) is 0 Å². The Bertz CT molecular complexity index is 1050. The second-order valence-electron chi connectivity index (χ2n) is 7.86. The molecule has 8 heteroatoms. The summed E-state index contributed by atoms with van der Waals surface area (Å²) in [6.07, 6.45) is -0.851. The Labute approximate surface area is 182 Å². The first-order valence-corrected chi connectivity index (χ1v) is 10.6. The van der Waals surface area contributed by atoms with E-state index in [9.17, 15) is 14.4 Å². The summed E-state index contributed by atoms with van der Waals surface area (Å²) in [7, 11) is 0. The second-order valence-corrected chi connectivity index (χ2v) is 9.27. The average Bonchev–Trinajstić information content (AvgIpc) is 3.19. The molecule has 0 bridgehead atoms. The van der Waals surface area contributed by atoms with Crippen molar-refractivity contribution in [3.63, 3.8) is 0 Å². The van der Waals surface area contributed by atoms with Crippen LogP contribution in [0.25, 0.3) is 0 Å². The number of benzene rings is 2. The molecule has 30 heavy (non-hydrogen) atoms. The second kappa shape index (κ2) is 6.84. The van der Waals surface area contributed by atoms with Crippen LogP contribution in [0.15, 0.2) is 54.6 Å². The highest BCUT2D eigenvalue weighted by molar-refractivity contribution is 9.09. The van der Waals surface area contributed by atoms with E-state index < -0.39 is 28.7 Å². The normalized spacial score (nSPS) is 29.2. The third-order valence-corrected chi connectivity index (χ3v) is 7.20. The molecule has 2 aromatic carbocycles. The third-order valence-electron chi connectivity index (χ3n) is 6.04. The van der Waals surface area contributed by atoms with Gasteiger partial charge in [-0.05, 0) is 24.1 Å². The Balaban J connectivity index is 1.53. The van der Waals surface area contributed by atoms with Gasteiger partial charge in [0, 0.05) is 6.42 Å². The van der Waals surface area contributed by atoms with Crippen LogP contribution in [0.1, 0.15) is 24.5 Å². The number of nitrogens with zero attached hydrogens (tertiary/aromatic N) is 2. The monoisotopic (exact) mass is 469 g/mol. The fourth-order valence-corrected chi connectivity index (χ4v) is 5.76. The summed E-state index contributed by atoms with van der Waals surface area (Å²) in [5.74, 6) is -0.412. The van der Waals surface area contributed by atoms with Crippen LogP contribution in [0.5, 0.6) is 0 Å². The van der Waals surface area contributed by atoms with Crippen molar-refractivity contribution in [3.8, 4) is 0 Å². The molecule has 0 aromatic heterocycles. The number of carbonyl (C=O) groups excluding carboxylic acids is 3. The summed E-state index contributed by atoms with van der Waals surface area (Å²) < 4.78 is 4.88. The highest BCUT2D eigenvalue weighted by Crippen LogP contribution is 2.58. The zero-order valence-corrected chi connectivity index (χ0v) is 17.8. The first-order chi connectivity index (χ1) is 14.4. The molecular weight excluding hydrogens is 450 g/mol. The average molecular weight is 470 g/mol. The Morgan fingerprint density at radius 2 is 1.87 bits per heavy atom. The predicted octanol–water partition coefficient (Wildman–Crippen LogP) is 2.88. The van der Waals surface area contributed by atoms with E-state index in [1.54, 1.807) is 11.8 Å². The molecule has 1 N–H and O–H groups in total. The number of nitrogens with one attached hydrogen (secondary N) is 1. The van der Waals surface area contributed by atoms with Gasteiger partial charge in [0.2, 0.25) is 11.8 Å². The number of hydrogen-bond acceptors (Lipinski definition) is 4. The van der Waals surface area contributed by atoms with Crippen LogP contribution in [0, 0.1) is 0 Å². The Kier molecular flexibility index (Phi) is 4.36. The van der Waals surface area contributed by atoms with E-state index in [1.807, 2.05) is 54.6 Å². The van der Waals surface area contributed by atoms with Gasteiger partial charge in [-0.2, -0.15) is 0 Å². The van der Waals surface area contributed by atoms with Crippen molar-refractivity contribution in [1.82, 2.24) is 10.2 Å². The van der Waals surface area contributed by atoms with Gasteiger partial charge in [0.15, 0.2) is 0 Å². The van der Waals surface area contributed by atoms with Gasteiger partial charge in [-0.25, -0.2) is 4.79 Å². The predicted molar refractivity (Wildman–Crippen MR) is 113 cm³/mol. The molecule has 0 saturated carbocycles. The highest BCUT2D eigenvalue weighted by Gasteiger charge is 2.65. The maximum Gasteiger partial charge on any atom is 0.416 e. The molecule has 2 fully saturated rings. The molecule has 0 radical (unpaired) electrons. The lowest BCUT2D eigenvalue weighted by Gasteiger charge is -2.39. The van der Waals surface area contributed by atoms with Crippen LogP contribution >= 0.6 is 15.9 Å². The number of hydrogen-bond donors (Lipinski definition) is 1. The maximum absolute atomic E-state index is 13.3. The van der Waals surface area contributed by atoms with Crippen LogP contribution < -0.4 is 10.2 Å². The number of para-hydroxylation sites is 1. The molecule has 2 aromatic rings. The minimum atomic E-state index is -0.739. The number of amides is 3.